The van der Waals surface area contributed by atoms with Crippen LogP contribution in [0.1, 0.15) is 11.1 Å². The summed E-state index contributed by atoms with van der Waals surface area (Å²) in [6.45, 7) is 1.76. The van der Waals surface area contributed by atoms with Crippen molar-refractivity contribution in [3.05, 3.63) is 29.3 Å². The van der Waals surface area contributed by atoms with Gasteiger partial charge in [0.05, 0.1) is 37.0 Å². The molecule has 0 unspecified atom stereocenters. The predicted octanol–water partition coefficient (Wildman–Crippen LogP) is 2.65. The number of nitriles is 1. The number of anilines is 1. The summed E-state index contributed by atoms with van der Waals surface area (Å²) in [6, 6.07) is 4.92. The zero-order valence-corrected chi connectivity index (χ0v) is 11.0. The van der Waals surface area contributed by atoms with Gasteiger partial charge in [0.1, 0.15) is 0 Å². The lowest BCUT2D eigenvalue weighted by molar-refractivity contribution is -0.137. The maximum absolute atomic E-state index is 12.6. The van der Waals surface area contributed by atoms with Crippen molar-refractivity contribution in [2.45, 2.75) is 6.18 Å². The summed E-state index contributed by atoms with van der Waals surface area (Å²) in [6.07, 6.45) is -4.52. The molecule has 0 atom stereocenters. The normalized spacial score (nSPS) is 11.2. The van der Waals surface area contributed by atoms with Gasteiger partial charge >= 0.3 is 6.18 Å². The Morgan fingerprint density at radius 3 is 2.60 bits per heavy atom. The molecular weight excluding hydrogens is 273 g/mol. The Labute approximate surface area is 115 Å². The quantitative estimate of drug-likeness (QED) is 0.784. The highest BCUT2D eigenvalue weighted by molar-refractivity contribution is 5.53. The van der Waals surface area contributed by atoms with Gasteiger partial charge in [-0.15, -0.1) is 0 Å². The number of hydrogen-bond acceptors (Lipinski definition) is 4. The number of nitrogens with zero attached hydrogens (tertiary/aromatic N) is 1. The van der Waals surface area contributed by atoms with Crippen LogP contribution in [0.25, 0.3) is 0 Å². The molecule has 110 valence electrons. The van der Waals surface area contributed by atoms with Gasteiger partial charge in [0.2, 0.25) is 0 Å². The number of nitrogens with one attached hydrogen (secondary N) is 1. The van der Waals surface area contributed by atoms with E-state index in [4.69, 9.17) is 14.7 Å². The predicted molar refractivity (Wildman–Crippen MR) is 67.3 cm³/mol. The van der Waals surface area contributed by atoms with Crippen molar-refractivity contribution in [1.82, 2.24) is 0 Å². The average molecular weight is 288 g/mol. The minimum absolute atomic E-state index is 0.395. The molecule has 7 heteroatoms. The molecule has 1 N–H and O–H groups in total. The Morgan fingerprint density at radius 2 is 2.00 bits per heavy atom. The van der Waals surface area contributed by atoms with Crippen molar-refractivity contribution in [3.63, 3.8) is 0 Å². The molecule has 1 aromatic carbocycles. The molecule has 0 fully saturated rings. The van der Waals surface area contributed by atoms with Crippen LogP contribution in [0.2, 0.25) is 0 Å². The maximum Gasteiger partial charge on any atom is 0.417 e. The lowest BCUT2D eigenvalue weighted by atomic mass is 10.1. The highest BCUT2D eigenvalue weighted by Crippen LogP contribution is 2.32. The molecule has 0 saturated heterocycles. The summed E-state index contributed by atoms with van der Waals surface area (Å²) >= 11 is 0. The van der Waals surface area contributed by atoms with Crippen LogP contribution < -0.4 is 5.32 Å². The van der Waals surface area contributed by atoms with Gasteiger partial charge in [-0.05, 0) is 18.2 Å². The number of hydrogen-bond donors (Lipinski definition) is 1. The molecule has 0 saturated carbocycles. The van der Waals surface area contributed by atoms with Crippen LogP contribution in [-0.2, 0) is 15.7 Å². The van der Waals surface area contributed by atoms with E-state index in [1.54, 1.807) is 13.2 Å². The molecule has 0 aromatic heterocycles. The second-order valence-electron chi connectivity index (χ2n) is 3.90. The van der Waals surface area contributed by atoms with Gasteiger partial charge in [0.15, 0.2) is 0 Å². The number of benzene rings is 1. The maximum atomic E-state index is 12.6. The molecule has 1 aromatic rings. The summed E-state index contributed by atoms with van der Waals surface area (Å²) in [7, 11) is 1.56. The van der Waals surface area contributed by atoms with E-state index in [1.165, 1.54) is 12.1 Å². The lowest BCUT2D eigenvalue weighted by Crippen LogP contribution is -2.13. The third-order valence-electron chi connectivity index (χ3n) is 2.45. The first kappa shape index (κ1) is 16.3. The van der Waals surface area contributed by atoms with Gasteiger partial charge in [-0.25, -0.2) is 0 Å². The topological polar surface area (TPSA) is 54.3 Å². The highest BCUT2D eigenvalue weighted by atomic mass is 19.4. The van der Waals surface area contributed by atoms with E-state index in [9.17, 15) is 13.2 Å². The Kier molecular flexibility index (Phi) is 6.28. The van der Waals surface area contributed by atoms with Crippen LogP contribution in [-0.4, -0.2) is 33.5 Å². The van der Waals surface area contributed by atoms with Crippen molar-refractivity contribution in [3.8, 4) is 6.07 Å². The van der Waals surface area contributed by atoms with E-state index in [0.29, 0.717) is 32.1 Å². The van der Waals surface area contributed by atoms with Crippen molar-refractivity contribution >= 4 is 5.69 Å². The van der Waals surface area contributed by atoms with Crippen molar-refractivity contribution < 1.29 is 22.6 Å². The van der Waals surface area contributed by atoms with Crippen LogP contribution in [0.4, 0.5) is 18.9 Å². The molecule has 1 rings (SSSR count). The van der Waals surface area contributed by atoms with Gasteiger partial charge in [0, 0.05) is 19.3 Å². The highest BCUT2D eigenvalue weighted by Gasteiger charge is 2.33. The summed E-state index contributed by atoms with van der Waals surface area (Å²) in [5, 5.41) is 11.6. The molecule has 0 aliphatic carbocycles. The monoisotopic (exact) mass is 288 g/mol. The molecule has 0 aliphatic heterocycles. The zero-order valence-electron chi connectivity index (χ0n) is 11.0. The Morgan fingerprint density at radius 1 is 1.25 bits per heavy atom. The van der Waals surface area contributed by atoms with Crippen LogP contribution in [0.15, 0.2) is 18.2 Å². The molecule has 0 aliphatic rings. The fourth-order valence-electron chi connectivity index (χ4n) is 1.51. The number of methoxy groups -OCH3 is 1. The molecule has 4 nitrogen and oxygen atoms in total. The first-order valence-corrected chi connectivity index (χ1v) is 5.91. The van der Waals surface area contributed by atoms with Gasteiger partial charge < -0.3 is 14.8 Å². The molecule has 20 heavy (non-hydrogen) atoms. The van der Waals surface area contributed by atoms with Crippen molar-refractivity contribution in [2.75, 3.05) is 38.8 Å². The first-order valence-electron chi connectivity index (χ1n) is 5.91. The standard InChI is InChI=1S/C13H15F3N2O2/c1-19-6-7-20-5-4-18-11-2-3-12(13(14,15)16)10(8-11)9-17/h2-3,8,18H,4-7H2,1H3. The molecule has 0 bridgehead atoms. The molecule has 0 radical (unpaired) electrons. The van der Waals surface area contributed by atoms with E-state index >= 15 is 0 Å². The number of halogens is 3. The third-order valence-corrected chi connectivity index (χ3v) is 2.45. The molecule has 0 spiro atoms. The zero-order chi connectivity index (χ0) is 15.0. The smallest absolute Gasteiger partial charge is 0.383 e. The van der Waals surface area contributed by atoms with E-state index < -0.39 is 17.3 Å². The molecule has 0 heterocycles. The van der Waals surface area contributed by atoms with Crippen LogP contribution in [0, 0.1) is 11.3 Å². The second-order valence-corrected chi connectivity index (χ2v) is 3.90. The van der Waals surface area contributed by atoms with Gasteiger partial charge in [-0.2, -0.15) is 18.4 Å². The van der Waals surface area contributed by atoms with Crippen molar-refractivity contribution in [1.29, 1.82) is 5.26 Å². The van der Waals surface area contributed by atoms with Gasteiger partial charge in [-0.1, -0.05) is 0 Å². The minimum Gasteiger partial charge on any atom is -0.383 e. The van der Waals surface area contributed by atoms with Crippen molar-refractivity contribution in [2.24, 2.45) is 0 Å². The fourth-order valence-corrected chi connectivity index (χ4v) is 1.51. The summed E-state index contributed by atoms with van der Waals surface area (Å²) in [5.41, 5.74) is -0.880. The minimum atomic E-state index is -4.52. The van der Waals surface area contributed by atoms with Crippen LogP contribution in [0.3, 0.4) is 0 Å². The average Bonchev–Trinajstić information content (AvgIpc) is 2.41. The summed E-state index contributed by atoms with van der Waals surface area (Å²) in [4.78, 5) is 0. The van der Waals surface area contributed by atoms with E-state index in [1.807, 2.05) is 0 Å². The van der Waals surface area contributed by atoms with E-state index in [-0.39, 0.29) is 0 Å². The van der Waals surface area contributed by atoms with E-state index in [2.05, 4.69) is 5.32 Å². The molecular formula is C13H15F3N2O2. The largest absolute Gasteiger partial charge is 0.417 e. The Hall–Kier alpha value is -1.78. The summed E-state index contributed by atoms with van der Waals surface area (Å²) in [5.74, 6) is 0. The Balaban J connectivity index is 2.55. The fraction of sp³-hybridized carbons (Fsp3) is 0.462. The lowest BCUT2D eigenvalue weighted by Gasteiger charge is -2.11. The van der Waals surface area contributed by atoms with Crippen LogP contribution >= 0.6 is 0 Å². The number of alkyl halides is 3. The van der Waals surface area contributed by atoms with Gasteiger partial charge in [0.25, 0.3) is 0 Å². The first-order chi connectivity index (χ1) is 9.49. The molecule has 0 amide bonds. The third kappa shape index (κ3) is 5.07. The number of ether oxygens (including phenoxy) is 2. The second kappa shape index (κ2) is 7.72. The Bertz CT molecular complexity index is 470. The summed E-state index contributed by atoms with van der Waals surface area (Å²) < 4.78 is 47.8. The van der Waals surface area contributed by atoms with Gasteiger partial charge in [-0.3, -0.25) is 0 Å². The van der Waals surface area contributed by atoms with E-state index in [0.717, 1.165) is 6.07 Å². The van der Waals surface area contributed by atoms with Crippen LogP contribution in [0.5, 0.6) is 0 Å². The SMILES string of the molecule is COCCOCCNc1ccc(C(F)(F)F)c(C#N)c1. The number of rotatable bonds is 7.